The molecule has 0 aliphatic carbocycles. The minimum Gasteiger partial charge on any atom is -0.497 e. The number of methoxy groups -OCH3 is 1. The van der Waals surface area contributed by atoms with E-state index in [0.29, 0.717) is 6.54 Å². The zero-order valence-corrected chi connectivity index (χ0v) is 17.5. The number of nitrogens with one attached hydrogen (secondary N) is 2. The van der Waals surface area contributed by atoms with Crippen LogP contribution in [0, 0.1) is 5.92 Å². The first kappa shape index (κ1) is 19.4. The lowest BCUT2D eigenvalue weighted by molar-refractivity contribution is -0.125. The van der Waals surface area contributed by atoms with Crippen LogP contribution in [0.4, 0.5) is 5.69 Å². The molecular weight excluding hydrogens is 390 g/mol. The molecule has 5 rings (SSSR count). The van der Waals surface area contributed by atoms with Gasteiger partial charge in [-0.2, -0.15) is 0 Å². The predicted octanol–water partition coefficient (Wildman–Crippen LogP) is 3.65. The molecule has 0 atom stereocenters. The van der Waals surface area contributed by atoms with E-state index in [2.05, 4.69) is 25.2 Å². The molecule has 7 heteroatoms. The SMILES string of the molecule is COc1ccc2nccc(N3CCC(C(=O)NCc4nc5ccccc5[nH]4)CC3)c2c1. The quantitative estimate of drug-likeness (QED) is 0.520. The van der Waals surface area contributed by atoms with Crippen molar-refractivity contribution in [3.05, 3.63) is 60.6 Å². The normalized spacial score (nSPS) is 14.8. The number of carbonyl (C=O) groups is 1. The van der Waals surface area contributed by atoms with Gasteiger partial charge < -0.3 is 19.9 Å². The second-order valence-corrected chi connectivity index (χ2v) is 7.89. The number of fused-ring (bicyclic) bond motifs is 2. The Kier molecular flexibility index (Phi) is 5.16. The van der Waals surface area contributed by atoms with Crippen LogP contribution < -0.4 is 15.0 Å². The maximum atomic E-state index is 12.7. The molecule has 0 bridgehead atoms. The van der Waals surface area contributed by atoms with Crippen LogP contribution in [-0.4, -0.2) is 41.1 Å². The molecule has 2 N–H and O–H groups in total. The Balaban J connectivity index is 1.22. The average molecular weight is 415 g/mol. The number of H-pyrrole nitrogens is 1. The Labute approximate surface area is 180 Å². The number of anilines is 1. The van der Waals surface area contributed by atoms with Crippen LogP contribution >= 0.6 is 0 Å². The van der Waals surface area contributed by atoms with Crippen molar-refractivity contribution in [3.8, 4) is 5.75 Å². The standard InChI is InChI=1S/C24H25N5O2/c1-31-17-6-7-19-18(14-17)22(8-11-25-19)29-12-9-16(10-13-29)24(30)26-15-23-27-20-4-2-3-5-21(20)28-23/h2-8,11,14,16H,9-10,12-13,15H2,1H3,(H,26,30)(H,27,28). The molecule has 2 aromatic heterocycles. The topological polar surface area (TPSA) is 83.1 Å². The molecule has 31 heavy (non-hydrogen) atoms. The summed E-state index contributed by atoms with van der Waals surface area (Å²) in [6.45, 7) is 2.08. The van der Waals surface area contributed by atoms with E-state index in [1.165, 1.54) is 0 Å². The van der Waals surface area contributed by atoms with E-state index in [1.807, 2.05) is 54.7 Å². The zero-order chi connectivity index (χ0) is 21.2. The van der Waals surface area contributed by atoms with Crippen molar-refractivity contribution in [3.63, 3.8) is 0 Å². The number of hydrogen-bond donors (Lipinski definition) is 2. The number of aromatic amines is 1. The summed E-state index contributed by atoms with van der Waals surface area (Å²) >= 11 is 0. The van der Waals surface area contributed by atoms with E-state index >= 15 is 0 Å². The van der Waals surface area contributed by atoms with Crippen LogP contribution in [0.25, 0.3) is 21.9 Å². The molecular formula is C24H25N5O2. The average Bonchev–Trinajstić information content (AvgIpc) is 3.25. The van der Waals surface area contributed by atoms with E-state index in [4.69, 9.17) is 4.74 Å². The lowest BCUT2D eigenvalue weighted by Crippen LogP contribution is -2.40. The highest BCUT2D eigenvalue weighted by Gasteiger charge is 2.26. The van der Waals surface area contributed by atoms with Gasteiger partial charge in [-0.1, -0.05) is 12.1 Å². The van der Waals surface area contributed by atoms with Crippen molar-refractivity contribution >= 4 is 33.5 Å². The Bertz CT molecular complexity index is 1190. The van der Waals surface area contributed by atoms with Crippen LogP contribution in [0.1, 0.15) is 18.7 Å². The Morgan fingerprint density at radius 1 is 1.16 bits per heavy atom. The molecule has 0 unspecified atom stereocenters. The van der Waals surface area contributed by atoms with Gasteiger partial charge in [0.1, 0.15) is 11.6 Å². The second-order valence-electron chi connectivity index (χ2n) is 7.89. The number of hydrogen-bond acceptors (Lipinski definition) is 5. The maximum absolute atomic E-state index is 12.7. The van der Waals surface area contributed by atoms with Gasteiger partial charge >= 0.3 is 0 Å². The highest BCUT2D eigenvalue weighted by Crippen LogP contribution is 2.31. The second kappa shape index (κ2) is 8.26. The first-order valence-corrected chi connectivity index (χ1v) is 10.6. The van der Waals surface area contributed by atoms with Crippen LogP contribution in [0.2, 0.25) is 0 Å². The summed E-state index contributed by atoms with van der Waals surface area (Å²) in [5.74, 6) is 1.72. The van der Waals surface area contributed by atoms with Gasteiger partial charge in [0.2, 0.25) is 5.91 Å². The number of nitrogens with zero attached hydrogens (tertiary/aromatic N) is 3. The largest absolute Gasteiger partial charge is 0.497 e. The van der Waals surface area contributed by atoms with Crippen molar-refractivity contribution in [2.24, 2.45) is 5.92 Å². The lowest BCUT2D eigenvalue weighted by atomic mass is 9.95. The molecule has 0 spiro atoms. The molecule has 1 aliphatic rings. The van der Waals surface area contributed by atoms with Crippen molar-refractivity contribution in [2.45, 2.75) is 19.4 Å². The lowest BCUT2D eigenvalue weighted by Gasteiger charge is -2.33. The van der Waals surface area contributed by atoms with Gasteiger partial charge in [0.25, 0.3) is 0 Å². The minimum atomic E-state index is 0.0169. The van der Waals surface area contributed by atoms with E-state index < -0.39 is 0 Å². The third-order valence-corrected chi connectivity index (χ3v) is 6.00. The van der Waals surface area contributed by atoms with Gasteiger partial charge in [-0.15, -0.1) is 0 Å². The Morgan fingerprint density at radius 2 is 2.00 bits per heavy atom. The van der Waals surface area contributed by atoms with E-state index in [1.54, 1.807) is 7.11 Å². The van der Waals surface area contributed by atoms with Gasteiger partial charge in [0.15, 0.2) is 0 Å². The summed E-state index contributed by atoms with van der Waals surface area (Å²) in [4.78, 5) is 27.3. The fourth-order valence-electron chi connectivity index (χ4n) is 4.30. The fourth-order valence-corrected chi connectivity index (χ4v) is 4.30. The summed E-state index contributed by atoms with van der Waals surface area (Å²) in [5.41, 5.74) is 4.00. The fraction of sp³-hybridized carbons (Fsp3) is 0.292. The smallest absolute Gasteiger partial charge is 0.223 e. The zero-order valence-electron chi connectivity index (χ0n) is 17.5. The van der Waals surface area contributed by atoms with Crippen molar-refractivity contribution in [1.82, 2.24) is 20.3 Å². The summed E-state index contributed by atoms with van der Waals surface area (Å²) in [6.07, 6.45) is 3.48. The van der Waals surface area contributed by atoms with Crippen LogP contribution in [-0.2, 0) is 11.3 Å². The molecule has 0 radical (unpaired) electrons. The van der Waals surface area contributed by atoms with Crippen LogP contribution in [0.15, 0.2) is 54.7 Å². The molecule has 0 saturated carbocycles. The number of ether oxygens (including phenoxy) is 1. The monoisotopic (exact) mass is 415 g/mol. The molecule has 3 heterocycles. The van der Waals surface area contributed by atoms with Gasteiger partial charge in [0.05, 0.1) is 30.2 Å². The van der Waals surface area contributed by atoms with Gasteiger partial charge in [-0.25, -0.2) is 4.98 Å². The molecule has 158 valence electrons. The highest BCUT2D eigenvalue weighted by molar-refractivity contribution is 5.92. The van der Waals surface area contributed by atoms with Gasteiger partial charge in [-0.3, -0.25) is 9.78 Å². The van der Waals surface area contributed by atoms with E-state index in [9.17, 15) is 4.79 Å². The first-order chi connectivity index (χ1) is 15.2. The third kappa shape index (κ3) is 3.91. The molecule has 2 aromatic carbocycles. The number of carbonyl (C=O) groups excluding carboxylic acids is 1. The van der Waals surface area contributed by atoms with Crippen molar-refractivity contribution in [1.29, 1.82) is 0 Å². The number of aromatic nitrogens is 3. The molecule has 7 nitrogen and oxygen atoms in total. The summed E-state index contributed by atoms with van der Waals surface area (Å²) < 4.78 is 5.39. The number of piperidine rings is 1. The number of benzene rings is 2. The summed E-state index contributed by atoms with van der Waals surface area (Å²) in [6, 6.07) is 15.9. The van der Waals surface area contributed by atoms with Crippen LogP contribution in [0.5, 0.6) is 5.75 Å². The molecule has 1 saturated heterocycles. The Hall–Kier alpha value is -3.61. The summed E-state index contributed by atoms with van der Waals surface area (Å²) in [5, 5.41) is 4.13. The minimum absolute atomic E-state index is 0.0169. The maximum Gasteiger partial charge on any atom is 0.223 e. The highest BCUT2D eigenvalue weighted by atomic mass is 16.5. The molecule has 1 fully saturated rings. The van der Waals surface area contributed by atoms with Crippen molar-refractivity contribution < 1.29 is 9.53 Å². The van der Waals surface area contributed by atoms with E-state index in [-0.39, 0.29) is 11.8 Å². The van der Waals surface area contributed by atoms with Crippen molar-refractivity contribution in [2.75, 3.05) is 25.1 Å². The van der Waals surface area contributed by atoms with E-state index in [0.717, 1.165) is 65.1 Å². The number of imidazole rings is 1. The number of para-hydroxylation sites is 2. The predicted molar refractivity (Wildman–Crippen MR) is 121 cm³/mol. The van der Waals surface area contributed by atoms with Gasteiger partial charge in [-0.05, 0) is 49.2 Å². The number of rotatable bonds is 5. The number of amides is 1. The van der Waals surface area contributed by atoms with Crippen LogP contribution in [0.3, 0.4) is 0 Å². The van der Waals surface area contributed by atoms with Gasteiger partial charge in [0, 0.05) is 36.3 Å². The molecule has 1 amide bonds. The number of pyridine rings is 1. The first-order valence-electron chi connectivity index (χ1n) is 10.6. The molecule has 4 aromatic rings. The Morgan fingerprint density at radius 3 is 2.81 bits per heavy atom. The third-order valence-electron chi connectivity index (χ3n) is 6.00. The molecule has 1 aliphatic heterocycles. The summed E-state index contributed by atoms with van der Waals surface area (Å²) in [7, 11) is 1.67.